The third-order valence-electron chi connectivity index (χ3n) is 4.01. The second kappa shape index (κ2) is 7.26. The van der Waals surface area contributed by atoms with Crippen LogP contribution in [0, 0.1) is 0 Å². The van der Waals surface area contributed by atoms with Gasteiger partial charge in [-0.05, 0) is 17.7 Å². The third kappa shape index (κ3) is 3.66. The lowest BCUT2D eigenvalue weighted by Gasteiger charge is -2.16. The van der Waals surface area contributed by atoms with Gasteiger partial charge in [0.25, 0.3) is 5.91 Å². The summed E-state index contributed by atoms with van der Waals surface area (Å²) in [6.45, 7) is 0. The van der Waals surface area contributed by atoms with Gasteiger partial charge in [0.05, 0.1) is 5.56 Å². The Labute approximate surface area is 160 Å². The molecule has 2 amide bonds. The lowest BCUT2D eigenvalue weighted by Crippen LogP contribution is -2.38. The Morgan fingerprint density at radius 1 is 1.10 bits per heavy atom. The number of H-pyrrole nitrogens is 1. The van der Waals surface area contributed by atoms with Crippen molar-refractivity contribution in [3.63, 3.8) is 0 Å². The van der Waals surface area contributed by atoms with Crippen molar-refractivity contribution in [3.8, 4) is 0 Å². The molecule has 1 atom stereocenters. The Hall–Kier alpha value is -4.48. The summed E-state index contributed by atoms with van der Waals surface area (Å²) >= 11 is 0. The number of nitrogens with two attached hydrogens (primary N) is 1. The SMILES string of the molecule is NC(=O)[C@H](NC(=O)c1cc(C(=O)O)n2c(=O)[nH]cc2n1)c1ccc(C(=O)O)cc1. The summed E-state index contributed by atoms with van der Waals surface area (Å²) in [4.78, 5) is 64.6. The highest BCUT2D eigenvalue weighted by molar-refractivity contribution is 5.98. The monoisotopic (exact) mass is 399 g/mol. The van der Waals surface area contributed by atoms with Crippen molar-refractivity contribution in [2.45, 2.75) is 6.04 Å². The van der Waals surface area contributed by atoms with Crippen molar-refractivity contribution < 1.29 is 29.4 Å². The van der Waals surface area contributed by atoms with Gasteiger partial charge in [0.15, 0.2) is 5.65 Å². The van der Waals surface area contributed by atoms with Gasteiger partial charge in [0.2, 0.25) is 5.91 Å². The van der Waals surface area contributed by atoms with Crippen molar-refractivity contribution in [1.29, 1.82) is 0 Å². The maximum absolute atomic E-state index is 12.6. The van der Waals surface area contributed by atoms with Crippen molar-refractivity contribution >= 4 is 29.4 Å². The van der Waals surface area contributed by atoms with E-state index in [2.05, 4.69) is 15.3 Å². The third-order valence-corrected chi connectivity index (χ3v) is 4.01. The first-order chi connectivity index (χ1) is 13.7. The maximum atomic E-state index is 12.6. The highest BCUT2D eigenvalue weighted by Crippen LogP contribution is 2.15. The fourth-order valence-electron chi connectivity index (χ4n) is 2.64. The van der Waals surface area contributed by atoms with E-state index in [4.69, 9.17) is 10.8 Å². The van der Waals surface area contributed by atoms with Crippen LogP contribution in [0.4, 0.5) is 0 Å². The van der Waals surface area contributed by atoms with E-state index in [1.807, 2.05) is 0 Å². The lowest BCUT2D eigenvalue weighted by molar-refractivity contribution is -0.120. The number of benzene rings is 1. The zero-order chi connectivity index (χ0) is 21.3. The number of carbonyl (C=O) groups excluding carboxylic acids is 2. The first-order valence-corrected chi connectivity index (χ1v) is 7.97. The molecule has 0 aliphatic carbocycles. The van der Waals surface area contributed by atoms with Gasteiger partial charge in [-0.1, -0.05) is 12.1 Å². The molecule has 0 saturated carbocycles. The Kier molecular flexibility index (Phi) is 4.83. The van der Waals surface area contributed by atoms with Crippen LogP contribution in [-0.2, 0) is 4.79 Å². The van der Waals surface area contributed by atoms with Gasteiger partial charge in [0.1, 0.15) is 17.4 Å². The zero-order valence-corrected chi connectivity index (χ0v) is 14.4. The van der Waals surface area contributed by atoms with E-state index in [0.29, 0.717) is 0 Å². The average molecular weight is 399 g/mol. The van der Waals surface area contributed by atoms with E-state index >= 15 is 0 Å². The van der Waals surface area contributed by atoms with Crippen LogP contribution in [0.3, 0.4) is 0 Å². The Morgan fingerprint density at radius 2 is 1.76 bits per heavy atom. The molecule has 0 aliphatic heterocycles. The fourth-order valence-corrected chi connectivity index (χ4v) is 2.64. The van der Waals surface area contributed by atoms with Gasteiger partial charge in [0, 0.05) is 12.3 Å². The summed E-state index contributed by atoms with van der Waals surface area (Å²) in [5, 5.41) is 20.5. The second-order valence-electron chi connectivity index (χ2n) is 5.86. The van der Waals surface area contributed by atoms with Crippen LogP contribution in [0.1, 0.15) is 42.9 Å². The molecule has 12 nitrogen and oxygen atoms in total. The highest BCUT2D eigenvalue weighted by atomic mass is 16.4. The molecule has 1 aromatic carbocycles. The van der Waals surface area contributed by atoms with Crippen LogP contribution in [0.5, 0.6) is 0 Å². The Balaban J connectivity index is 1.96. The zero-order valence-electron chi connectivity index (χ0n) is 14.4. The number of carboxylic acids is 2. The summed E-state index contributed by atoms with van der Waals surface area (Å²) < 4.78 is 0.773. The van der Waals surface area contributed by atoms with Crippen LogP contribution in [0.15, 0.2) is 41.3 Å². The van der Waals surface area contributed by atoms with Crippen LogP contribution in [-0.4, -0.2) is 48.3 Å². The number of hydrogen-bond donors (Lipinski definition) is 5. The standard InChI is InChI=1S/C17H13N5O7/c18-13(23)12(7-1-3-8(4-2-7)15(25)26)21-14(24)9-5-10(16(27)28)22-11(20-9)6-19-17(22)29/h1-6,12H,(H2,18,23)(H,19,29)(H,21,24)(H,25,26)(H,27,28)/t12-/m1/s1. The van der Waals surface area contributed by atoms with Crippen molar-refractivity contribution in [2.24, 2.45) is 5.73 Å². The molecule has 3 aromatic rings. The van der Waals surface area contributed by atoms with Crippen LogP contribution >= 0.6 is 0 Å². The molecule has 0 radical (unpaired) electrons. The van der Waals surface area contributed by atoms with Gasteiger partial charge in [-0.3, -0.25) is 9.59 Å². The van der Waals surface area contributed by atoms with Crippen molar-refractivity contribution in [3.05, 3.63) is 69.5 Å². The Bertz CT molecular complexity index is 1210. The number of hydrogen-bond acceptors (Lipinski definition) is 6. The van der Waals surface area contributed by atoms with E-state index < -0.39 is 41.2 Å². The number of aromatic nitrogens is 3. The number of amides is 2. The molecule has 148 valence electrons. The summed E-state index contributed by atoms with van der Waals surface area (Å²) in [6.07, 6.45) is 1.13. The normalized spacial score (nSPS) is 11.7. The van der Waals surface area contributed by atoms with Gasteiger partial charge < -0.3 is 26.2 Å². The first kappa shape index (κ1) is 19.3. The summed E-state index contributed by atoms with van der Waals surface area (Å²) in [7, 11) is 0. The number of carboxylic acid groups (broad SMARTS) is 2. The highest BCUT2D eigenvalue weighted by Gasteiger charge is 2.24. The van der Waals surface area contributed by atoms with Crippen LogP contribution in [0.25, 0.3) is 5.65 Å². The molecular weight excluding hydrogens is 386 g/mol. The number of rotatable bonds is 6. The molecule has 29 heavy (non-hydrogen) atoms. The lowest BCUT2D eigenvalue weighted by atomic mass is 10.0. The van der Waals surface area contributed by atoms with E-state index in [0.717, 1.165) is 16.7 Å². The fraction of sp³-hybridized carbons (Fsp3) is 0.0588. The molecule has 0 aliphatic rings. The minimum Gasteiger partial charge on any atom is -0.478 e. The average Bonchev–Trinajstić information content (AvgIpc) is 3.05. The molecule has 3 rings (SSSR count). The van der Waals surface area contributed by atoms with Crippen LogP contribution < -0.4 is 16.7 Å². The quantitative estimate of drug-likeness (QED) is 0.361. The van der Waals surface area contributed by atoms with Gasteiger partial charge in [-0.15, -0.1) is 0 Å². The number of carbonyl (C=O) groups is 4. The number of nitrogens with one attached hydrogen (secondary N) is 2. The largest absolute Gasteiger partial charge is 0.478 e. The van der Waals surface area contributed by atoms with E-state index in [-0.39, 0.29) is 22.5 Å². The number of imidazole rings is 1. The second-order valence-corrected chi connectivity index (χ2v) is 5.86. The van der Waals surface area contributed by atoms with Gasteiger partial charge in [-0.25, -0.2) is 23.8 Å². The molecule has 0 bridgehead atoms. The molecule has 6 N–H and O–H groups in total. The molecular formula is C17H13N5O7. The van der Waals surface area contributed by atoms with Gasteiger partial charge >= 0.3 is 17.6 Å². The predicted octanol–water partition coefficient (Wildman–Crippen LogP) is -0.625. The molecule has 2 heterocycles. The van der Waals surface area contributed by atoms with Crippen molar-refractivity contribution in [1.82, 2.24) is 19.7 Å². The maximum Gasteiger partial charge on any atom is 0.353 e. The van der Waals surface area contributed by atoms with E-state index in [9.17, 15) is 29.1 Å². The number of aromatic carboxylic acids is 2. The van der Waals surface area contributed by atoms with Crippen LogP contribution in [0.2, 0.25) is 0 Å². The molecule has 2 aromatic heterocycles. The topological polar surface area (TPSA) is 197 Å². The molecule has 12 heteroatoms. The molecule has 0 saturated heterocycles. The van der Waals surface area contributed by atoms with E-state index in [1.165, 1.54) is 24.3 Å². The minimum absolute atomic E-state index is 0.0283. The number of aromatic amines is 1. The number of fused-ring (bicyclic) bond motifs is 1. The number of primary amides is 1. The van der Waals surface area contributed by atoms with E-state index in [1.54, 1.807) is 0 Å². The minimum atomic E-state index is -1.47. The summed E-state index contributed by atoms with van der Waals surface area (Å²) in [5.74, 6) is -4.49. The molecule has 0 unspecified atom stereocenters. The smallest absolute Gasteiger partial charge is 0.353 e. The molecule has 0 fully saturated rings. The number of nitrogens with zero attached hydrogens (tertiary/aromatic N) is 2. The summed E-state index contributed by atoms with van der Waals surface area (Å²) in [5.41, 5.74) is 3.79. The van der Waals surface area contributed by atoms with Gasteiger partial charge in [-0.2, -0.15) is 0 Å². The van der Waals surface area contributed by atoms with Crippen molar-refractivity contribution in [2.75, 3.05) is 0 Å². The summed E-state index contributed by atoms with van der Waals surface area (Å²) in [6, 6.07) is 4.64. The molecule has 0 spiro atoms. The first-order valence-electron chi connectivity index (χ1n) is 7.97. The Morgan fingerprint density at radius 3 is 2.31 bits per heavy atom. The predicted molar refractivity (Wildman–Crippen MR) is 95.6 cm³/mol.